The number of nitrogens with one attached hydrogen (secondary N) is 2. The molecule has 0 fully saturated rings. The first-order valence-electron chi connectivity index (χ1n) is 11.9. The van der Waals surface area contributed by atoms with Gasteiger partial charge in [-0.25, -0.2) is 4.79 Å². The van der Waals surface area contributed by atoms with E-state index in [0.29, 0.717) is 5.56 Å². The van der Waals surface area contributed by atoms with E-state index in [1.165, 1.54) is 4.90 Å². The van der Waals surface area contributed by atoms with Gasteiger partial charge in [-0.15, -0.1) is 0 Å². The second kappa shape index (κ2) is 13.3. The number of carbonyl (C=O) groups excluding carboxylic acids is 3. The van der Waals surface area contributed by atoms with Crippen molar-refractivity contribution in [3.63, 3.8) is 0 Å². The van der Waals surface area contributed by atoms with Crippen molar-refractivity contribution in [3.05, 3.63) is 70.8 Å². The van der Waals surface area contributed by atoms with Gasteiger partial charge in [-0.05, 0) is 56.9 Å². The molecule has 0 aliphatic carbocycles. The summed E-state index contributed by atoms with van der Waals surface area (Å²) in [6.07, 6.45) is -0.768. The summed E-state index contributed by atoms with van der Waals surface area (Å²) in [5.74, 6) is -0.972. The number of alkyl carbamates (subject to hydrolysis) is 1. The lowest BCUT2D eigenvalue weighted by Crippen LogP contribution is -2.54. The molecule has 0 aliphatic rings. The number of amides is 3. The van der Waals surface area contributed by atoms with Gasteiger partial charge in [0.1, 0.15) is 17.7 Å². The van der Waals surface area contributed by atoms with Crippen LogP contribution in [0.1, 0.15) is 49.1 Å². The number of hydrogen-bond donors (Lipinski definition) is 4. The maximum Gasteiger partial charge on any atom is 0.408 e. The van der Waals surface area contributed by atoms with Crippen molar-refractivity contribution >= 4 is 30.5 Å². The molecule has 2 unspecified atom stereocenters. The van der Waals surface area contributed by atoms with E-state index in [9.17, 15) is 19.5 Å². The van der Waals surface area contributed by atoms with Crippen molar-refractivity contribution in [1.82, 2.24) is 15.5 Å². The normalized spacial score (nSPS) is 12.9. The molecule has 2 rings (SSSR count). The molecule has 0 bridgehead atoms. The molecule has 0 aliphatic heterocycles. The smallest absolute Gasteiger partial charge is 0.408 e. The molecular weight excluding hydrogens is 478 g/mol. The number of carbonyl (C=O) groups is 3. The van der Waals surface area contributed by atoms with Gasteiger partial charge in [0.2, 0.25) is 11.8 Å². The lowest BCUT2D eigenvalue weighted by Gasteiger charge is -2.34. The molecule has 0 spiro atoms. The summed E-state index contributed by atoms with van der Waals surface area (Å²) < 4.78 is 5.29. The summed E-state index contributed by atoms with van der Waals surface area (Å²) in [5, 5.41) is 15.3. The fourth-order valence-electron chi connectivity index (χ4n) is 3.71. The van der Waals surface area contributed by atoms with Gasteiger partial charge in [0, 0.05) is 18.8 Å². The maximum atomic E-state index is 13.7. The number of hydrogen-bond acceptors (Lipinski definition) is 6. The molecule has 8 nitrogen and oxygen atoms in total. The minimum atomic E-state index is -1.07. The standard InChI is InChI=1S/C27H37N3O5S/c1-18-10-9-13-21(19(18)2)23(24(32)28-16-20-11-7-6-8-12-20)30(14-15-31)25(33)22(17-36)29-26(34)35-27(3,4)5/h6-13,22-23,31,36H,14-17H2,1-5H3,(H,28,32)(H,29,34). The molecule has 3 amide bonds. The second-order valence-corrected chi connectivity index (χ2v) is 9.90. The molecule has 196 valence electrons. The number of nitrogens with zero attached hydrogens (tertiary/aromatic N) is 1. The molecule has 0 aromatic heterocycles. The van der Waals surface area contributed by atoms with Crippen LogP contribution in [0.3, 0.4) is 0 Å². The van der Waals surface area contributed by atoms with Crippen LogP contribution >= 0.6 is 12.6 Å². The van der Waals surface area contributed by atoms with E-state index in [1.54, 1.807) is 26.8 Å². The summed E-state index contributed by atoms with van der Waals surface area (Å²) in [6, 6.07) is 12.9. The van der Waals surface area contributed by atoms with Crippen LogP contribution in [0.15, 0.2) is 48.5 Å². The summed E-state index contributed by atoms with van der Waals surface area (Å²) in [6.45, 7) is 8.76. The van der Waals surface area contributed by atoms with Gasteiger partial charge in [-0.1, -0.05) is 48.5 Å². The average molecular weight is 516 g/mol. The largest absolute Gasteiger partial charge is 0.444 e. The molecular formula is C27H37N3O5S. The number of aliphatic hydroxyl groups excluding tert-OH is 1. The Balaban J connectivity index is 2.42. The highest BCUT2D eigenvalue weighted by Gasteiger charge is 2.36. The Hall–Kier alpha value is -3.04. The molecule has 0 saturated heterocycles. The lowest BCUT2D eigenvalue weighted by atomic mass is 9.95. The van der Waals surface area contributed by atoms with Gasteiger partial charge >= 0.3 is 6.09 Å². The van der Waals surface area contributed by atoms with E-state index in [1.807, 2.05) is 56.3 Å². The zero-order valence-electron chi connectivity index (χ0n) is 21.6. The van der Waals surface area contributed by atoms with Crippen LogP contribution in [0.5, 0.6) is 0 Å². The van der Waals surface area contributed by atoms with Crippen LogP contribution in [-0.4, -0.2) is 58.5 Å². The van der Waals surface area contributed by atoms with Crippen LogP contribution in [-0.2, 0) is 20.9 Å². The third-order valence-electron chi connectivity index (χ3n) is 5.61. The molecule has 2 aromatic rings. The number of benzene rings is 2. The third kappa shape index (κ3) is 8.27. The zero-order valence-corrected chi connectivity index (χ0v) is 22.5. The Morgan fingerprint density at radius 3 is 2.31 bits per heavy atom. The summed E-state index contributed by atoms with van der Waals surface area (Å²) in [4.78, 5) is 40.9. The van der Waals surface area contributed by atoms with Gasteiger partial charge in [0.05, 0.1) is 6.61 Å². The Morgan fingerprint density at radius 2 is 1.72 bits per heavy atom. The highest BCUT2D eigenvalue weighted by Crippen LogP contribution is 2.27. The van der Waals surface area contributed by atoms with Crippen molar-refractivity contribution in [2.45, 2.75) is 58.8 Å². The van der Waals surface area contributed by atoms with Gasteiger partial charge in [-0.3, -0.25) is 9.59 Å². The van der Waals surface area contributed by atoms with E-state index in [-0.39, 0.29) is 25.4 Å². The van der Waals surface area contributed by atoms with Crippen molar-refractivity contribution in [3.8, 4) is 0 Å². The fourth-order valence-corrected chi connectivity index (χ4v) is 3.96. The molecule has 2 aromatic carbocycles. The zero-order chi connectivity index (χ0) is 26.9. The SMILES string of the molecule is Cc1cccc(C(C(=O)NCc2ccccc2)N(CCO)C(=O)C(CS)NC(=O)OC(C)(C)C)c1C. The van der Waals surface area contributed by atoms with E-state index in [2.05, 4.69) is 23.3 Å². The lowest BCUT2D eigenvalue weighted by molar-refractivity contribution is -0.142. The van der Waals surface area contributed by atoms with Crippen molar-refractivity contribution in [1.29, 1.82) is 0 Å². The number of aliphatic hydroxyl groups is 1. The first-order valence-corrected chi connectivity index (χ1v) is 12.5. The van der Waals surface area contributed by atoms with Gasteiger partial charge in [0.25, 0.3) is 0 Å². The maximum absolute atomic E-state index is 13.7. The quantitative estimate of drug-likeness (QED) is 0.363. The molecule has 2 atom stereocenters. The highest BCUT2D eigenvalue weighted by molar-refractivity contribution is 7.80. The highest BCUT2D eigenvalue weighted by atomic mass is 32.1. The van der Waals surface area contributed by atoms with E-state index in [0.717, 1.165) is 16.7 Å². The van der Waals surface area contributed by atoms with Crippen molar-refractivity contribution in [2.75, 3.05) is 18.9 Å². The Bertz CT molecular complexity index is 1040. The summed E-state index contributed by atoms with van der Waals surface area (Å²) in [5.41, 5.74) is 2.61. The number of ether oxygens (including phenoxy) is 1. The van der Waals surface area contributed by atoms with Crippen molar-refractivity contribution < 1.29 is 24.2 Å². The molecule has 9 heteroatoms. The molecule has 36 heavy (non-hydrogen) atoms. The molecule has 0 radical (unpaired) electrons. The average Bonchev–Trinajstić information content (AvgIpc) is 2.82. The topological polar surface area (TPSA) is 108 Å². The Morgan fingerprint density at radius 1 is 1.06 bits per heavy atom. The first kappa shape index (κ1) is 29.2. The predicted octanol–water partition coefficient (Wildman–Crippen LogP) is 3.30. The Labute approximate surface area is 218 Å². The molecule has 0 heterocycles. The van der Waals surface area contributed by atoms with E-state index in [4.69, 9.17) is 4.74 Å². The van der Waals surface area contributed by atoms with Crippen LogP contribution in [0, 0.1) is 13.8 Å². The monoisotopic (exact) mass is 515 g/mol. The minimum absolute atomic E-state index is 0.0227. The van der Waals surface area contributed by atoms with Crippen LogP contribution in [0.4, 0.5) is 4.79 Å². The van der Waals surface area contributed by atoms with Crippen LogP contribution in [0.25, 0.3) is 0 Å². The van der Waals surface area contributed by atoms with Gasteiger partial charge < -0.3 is 25.4 Å². The minimum Gasteiger partial charge on any atom is -0.444 e. The number of aryl methyl sites for hydroxylation is 1. The van der Waals surface area contributed by atoms with E-state index < -0.39 is 35.6 Å². The van der Waals surface area contributed by atoms with Gasteiger partial charge in [0.15, 0.2) is 0 Å². The predicted molar refractivity (Wildman–Crippen MR) is 143 cm³/mol. The van der Waals surface area contributed by atoms with Crippen LogP contribution in [0.2, 0.25) is 0 Å². The molecule has 3 N–H and O–H groups in total. The number of thiol groups is 1. The summed E-state index contributed by atoms with van der Waals surface area (Å²) in [7, 11) is 0. The van der Waals surface area contributed by atoms with Crippen LogP contribution < -0.4 is 10.6 Å². The number of rotatable bonds is 10. The Kier molecular flexibility index (Phi) is 10.8. The summed E-state index contributed by atoms with van der Waals surface area (Å²) >= 11 is 4.26. The van der Waals surface area contributed by atoms with E-state index >= 15 is 0 Å². The van der Waals surface area contributed by atoms with Crippen molar-refractivity contribution in [2.24, 2.45) is 0 Å². The first-order chi connectivity index (χ1) is 17.0. The second-order valence-electron chi connectivity index (χ2n) is 9.53. The molecule has 0 saturated carbocycles. The third-order valence-corrected chi connectivity index (χ3v) is 5.97. The van der Waals surface area contributed by atoms with Gasteiger partial charge in [-0.2, -0.15) is 12.6 Å². The fraction of sp³-hybridized carbons (Fsp3) is 0.444.